The maximum absolute atomic E-state index is 12.5. The summed E-state index contributed by atoms with van der Waals surface area (Å²) < 4.78 is 38.9. The number of aliphatic hydroxyl groups is 1. The van der Waals surface area contributed by atoms with Crippen LogP contribution in [0.4, 0.5) is 0 Å². The third-order valence-electron chi connectivity index (χ3n) is 5.23. The molecule has 1 N–H and O–H groups in total. The molecule has 1 aromatic rings. The second-order valence-corrected chi connectivity index (χ2v) is 7.40. The number of allylic oxidation sites excluding steroid dienone is 1. The van der Waals surface area contributed by atoms with Gasteiger partial charge in [-0.25, -0.2) is 4.79 Å². The highest BCUT2D eigenvalue weighted by atomic mass is 16.7. The number of hydrogen-bond donors (Lipinski definition) is 1. The third kappa shape index (κ3) is 6.94. The van der Waals surface area contributed by atoms with Crippen molar-refractivity contribution in [3.8, 4) is 11.5 Å². The molecule has 0 aliphatic carbocycles. The average molecular weight is 465 g/mol. The number of rotatable bonds is 14. The minimum atomic E-state index is -0.657. The van der Waals surface area contributed by atoms with Gasteiger partial charge in [0.05, 0.1) is 26.4 Å². The van der Waals surface area contributed by atoms with Crippen molar-refractivity contribution in [2.24, 2.45) is 5.92 Å². The molecule has 1 aromatic carbocycles. The van der Waals surface area contributed by atoms with Crippen LogP contribution >= 0.6 is 0 Å². The van der Waals surface area contributed by atoms with Gasteiger partial charge >= 0.3 is 5.97 Å². The Hall–Kier alpha value is -2.59. The van der Waals surface area contributed by atoms with E-state index in [1.54, 1.807) is 6.08 Å². The monoisotopic (exact) mass is 464 g/mol. The lowest BCUT2D eigenvalue weighted by atomic mass is 9.81. The van der Waals surface area contributed by atoms with Crippen LogP contribution in [0.15, 0.2) is 42.7 Å². The van der Waals surface area contributed by atoms with E-state index < -0.39 is 12.3 Å². The van der Waals surface area contributed by atoms with E-state index in [9.17, 15) is 4.79 Å². The fourth-order valence-corrected chi connectivity index (χ4v) is 3.74. The fraction of sp³-hybridized carbons (Fsp3) is 0.542. The molecule has 0 unspecified atom stereocenters. The van der Waals surface area contributed by atoms with E-state index in [4.69, 9.17) is 38.3 Å². The number of aliphatic hydroxyl groups excluding tert-OH is 1. The van der Waals surface area contributed by atoms with Crippen molar-refractivity contribution in [1.82, 2.24) is 0 Å². The van der Waals surface area contributed by atoms with Crippen LogP contribution in [0.5, 0.6) is 11.5 Å². The maximum atomic E-state index is 12.5. The van der Waals surface area contributed by atoms with Crippen molar-refractivity contribution in [2.45, 2.75) is 25.6 Å². The van der Waals surface area contributed by atoms with Crippen LogP contribution in [0.1, 0.15) is 24.8 Å². The molecule has 0 fully saturated rings. The standard InChI is InChI=1S/C24H32O9/c1-3-9-30-23(26)22-15-19(17-5-6-20-21(14-17)32-16-31-20)18(24(33-22)29-4-2)7-10-27-12-13-28-11-8-25/h3,5-6,14-15,18-19,24-25H,1,4,7-13,16H2,2H3/t18-,19-,24-/m0/s1. The Bertz CT molecular complexity index is 807. The summed E-state index contributed by atoms with van der Waals surface area (Å²) in [6.45, 7) is 7.66. The highest BCUT2D eigenvalue weighted by Crippen LogP contribution is 2.42. The van der Waals surface area contributed by atoms with Gasteiger partial charge in [0.25, 0.3) is 0 Å². The summed E-state index contributed by atoms with van der Waals surface area (Å²) in [5.41, 5.74) is 0.942. The van der Waals surface area contributed by atoms with Crippen LogP contribution in [0.25, 0.3) is 0 Å². The lowest BCUT2D eigenvalue weighted by Crippen LogP contribution is -2.37. The topological polar surface area (TPSA) is 102 Å². The minimum absolute atomic E-state index is 0.0173. The number of esters is 1. The van der Waals surface area contributed by atoms with E-state index in [0.29, 0.717) is 44.3 Å². The number of carbonyl (C=O) groups excluding carboxylic acids is 1. The molecule has 2 aliphatic rings. The molecule has 182 valence electrons. The van der Waals surface area contributed by atoms with Crippen LogP contribution in [0, 0.1) is 5.92 Å². The average Bonchev–Trinajstić information content (AvgIpc) is 3.30. The summed E-state index contributed by atoms with van der Waals surface area (Å²) in [7, 11) is 0. The molecule has 2 aliphatic heterocycles. The van der Waals surface area contributed by atoms with Gasteiger partial charge in [0, 0.05) is 25.0 Å². The van der Waals surface area contributed by atoms with Crippen LogP contribution in [-0.2, 0) is 28.5 Å². The van der Waals surface area contributed by atoms with Crippen molar-refractivity contribution < 1.29 is 43.1 Å². The number of fused-ring (bicyclic) bond motifs is 1. The first kappa shape index (κ1) is 25.0. The number of carbonyl (C=O) groups is 1. The van der Waals surface area contributed by atoms with Gasteiger partial charge in [-0.05, 0) is 37.1 Å². The summed E-state index contributed by atoms with van der Waals surface area (Å²) >= 11 is 0. The SMILES string of the molecule is C=CCOC(=O)C1=C[C@@H](c2ccc3c(c2)OCO3)[C@H](CCOCCOCCO)[C@@H](OCC)O1. The first-order valence-electron chi connectivity index (χ1n) is 11.1. The summed E-state index contributed by atoms with van der Waals surface area (Å²) in [6, 6.07) is 5.73. The number of ether oxygens (including phenoxy) is 7. The lowest BCUT2D eigenvalue weighted by Gasteiger charge is -2.36. The summed E-state index contributed by atoms with van der Waals surface area (Å²) in [5, 5.41) is 8.77. The van der Waals surface area contributed by atoms with Gasteiger partial charge < -0.3 is 38.3 Å². The summed E-state index contributed by atoms with van der Waals surface area (Å²) in [4.78, 5) is 12.5. The van der Waals surface area contributed by atoms with E-state index in [2.05, 4.69) is 6.58 Å². The van der Waals surface area contributed by atoms with Crippen LogP contribution in [-0.4, -0.2) is 70.4 Å². The van der Waals surface area contributed by atoms with Gasteiger partial charge in [0.1, 0.15) is 6.61 Å². The zero-order valence-corrected chi connectivity index (χ0v) is 18.9. The molecule has 9 heteroatoms. The number of hydrogen-bond acceptors (Lipinski definition) is 9. The lowest BCUT2D eigenvalue weighted by molar-refractivity contribution is -0.176. The molecule has 3 rings (SSSR count). The molecule has 0 saturated heterocycles. The minimum Gasteiger partial charge on any atom is -0.457 e. The zero-order chi connectivity index (χ0) is 23.5. The first-order valence-corrected chi connectivity index (χ1v) is 11.1. The second kappa shape index (κ2) is 13.2. The van der Waals surface area contributed by atoms with E-state index >= 15 is 0 Å². The van der Waals surface area contributed by atoms with Crippen molar-refractivity contribution in [2.75, 3.05) is 53.0 Å². The van der Waals surface area contributed by atoms with Gasteiger partial charge in [-0.3, -0.25) is 0 Å². The Labute approximate surface area is 193 Å². The third-order valence-corrected chi connectivity index (χ3v) is 5.23. The van der Waals surface area contributed by atoms with E-state index in [1.165, 1.54) is 6.08 Å². The van der Waals surface area contributed by atoms with Crippen molar-refractivity contribution >= 4 is 5.97 Å². The molecule has 3 atom stereocenters. The first-order chi connectivity index (χ1) is 16.2. The van der Waals surface area contributed by atoms with Crippen molar-refractivity contribution in [1.29, 1.82) is 0 Å². The predicted octanol–water partition coefficient (Wildman–Crippen LogP) is 2.54. The van der Waals surface area contributed by atoms with Gasteiger partial charge in [-0.15, -0.1) is 0 Å². The predicted molar refractivity (Wildman–Crippen MR) is 118 cm³/mol. The Balaban J connectivity index is 1.79. The largest absolute Gasteiger partial charge is 0.457 e. The van der Waals surface area contributed by atoms with E-state index in [0.717, 1.165) is 5.56 Å². The molecular formula is C24H32O9. The van der Waals surface area contributed by atoms with E-state index in [1.807, 2.05) is 25.1 Å². The van der Waals surface area contributed by atoms with Gasteiger partial charge in [0.15, 0.2) is 11.5 Å². The van der Waals surface area contributed by atoms with Crippen molar-refractivity contribution in [3.05, 3.63) is 48.3 Å². The molecular weight excluding hydrogens is 432 g/mol. The zero-order valence-electron chi connectivity index (χ0n) is 18.9. The van der Waals surface area contributed by atoms with E-state index in [-0.39, 0.29) is 44.2 Å². The van der Waals surface area contributed by atoms with Gasteiger partial charge in [-0.1, -0.05) is 18.7 Å². The van der Waals surface area contributed by atoms with Crippen LogP contribution in [0.3, 0.4) is 0 Å². The summed E-state index contributed by atoms with van der Waals surface area (Å²) in [6.07, 6.45) is 3.24. The summed E-state index contributed by atoms with van der Waals surface area (Å²) in [5.74, 6) is 0.551. The molecule has 2 heterocycles. The highest BCUT2D eigenvalue weighted by Gasteiger charge is 2.39. The Morgan fingerprint density at radius 2 is 1.97 bits per heavy atom. The highest BCUT2D eigenvalue weighted by molar-refractivity contribution is 5.86. The quantitative estimate of drug-likeness (QED) is 0.253. The van der Waals surface area contributed by atoms with Crippen LogP contribution < -0.4 is 9.47 Å². The Kier molecular flexibility index (Phi) is 10.0. The molecule has 9 nitrogen and oxygen atoms in total. The molecule has 0 aromatic heterocycles. The van der Waals surface area contributed by atoms with Crippen molar-refractivity contribution in [3.63, 3.8) is 0 Å². The molecule has 0 bridgehead atoms. The maximum Gasteiger partial charge on any atom is 0.373 e. The van der Waals surface area contributed by atoms with Gasteiger partial charge in [-0.2, -0.15) is 0 Å². The second-order valence-electron chi connectivity index (χ2n) is 7.40. The Morgan fingerprint density at radius 3 is 2.73 bits per heavy atom. The Morgan fingerprint density at radius 1 is 1.18 bits per heavy atom. The van der Waals surface area contributed by atoms with Crippen LogP contribution in [0.2, 0.25) is 0 Å². The fourth-order valence-electron chi connectivity index (χ4n) is 3.74. The molecule has 0 radical (unpaired) electrons. The normalized spacial score (nSPS) is 21.3. The molecule has 0 spiro atoms. The smallest absolute Gasteiger partial charge is 0.373 e. The molecule has 0 saturated carbocycles. The molecule has 0 amide bonds. The van der Waals surface area contributed by atoms with Gasteiger partial charge in [0.2, 0.25) is 18.8 Å². The molecule has 33 heavy (non-hydrogen) atoms. The number of benzene rings is 1.